The molecule has 6 heteroatoms. The quantitative estimate of drug-likeness (QED) is 0.371. The molecule has 2 aromatic rings. The zero-order chi connectivity index (χ0) is 23.5. The summed E-state index contributed by atoms with van der Waals surface area (Å²) >= 11 is 6.10. The van der Waals surface area contributed by atoms with E-state index in [1.807, 2.05) is 24.3 Å². The fourth-order valence-corrected chi connectivity index (χ4v) is 9.34. The van der Waals surface area contributed by atoms with Gasteiger partial charge in [-0.25, -0.2) is 0 Å². The van der Waals surface area contributed by atoms with Gasteiger partial charge < -0.3 is 14.1 Å². The molecule has 1 amide bonds. The minimum Gasteiger partial charge on any atom is -0.373 e. The SMILES string of the molecule is O=C(C[N+]12CCC34c5ccccc5N5C(=O)CC6OCC=C(C1)C(CC32)C6C54)c1ccc(Cl)cc1. The first-order valence-corrected chi connectivity index (χ1v) is 13.3. The predicted octanol–water partition coefficient (Wildman–Crippen LogP) is 4.14. The van der Waals surface area contributed by atoms with Gasteiger partial charge in [0.05, 0.1) is 37.1 Å². The van der Waals surface area contributed by atoms with E-state index in [4.69, 9.17) is 16.3 Å². The third-order valence-electron chi connectivity index (χ3n) is 10.3. The van der Waals surface area contributed by atoms with E-state index < -0.39 is 0 Å². The number of para-hydroxylation sites is 1. The molecular weight excluding hydrogens is 460 g/mol. The molecule has 4 fully saturated rings. The maximum absolute atomic E-state index is 13.7. The van der Waals surface area contributed by atoms with Gasteiger partial charge in [0.25, 0.3) is 0 Å². The average molecular weight is 488 g/mol. The van der Waals surface area contributed by atoms with Crippen molar-refractivity contribution in [3.05, 3.63) is 76.3 Å². The molecule has 1 aliphatic carbocycles. The third kappa shape index (κ3) is 2.47. The summed E-state index contributed by atoms with van der Waals surface area (Å²) < 4.78 is 7.18. The Labute approximate surface area is 209 Å². The van der Waals surface area contributed by atoms with Crippen LogP contribution < -0.4 is 4.90 Å². The first-order valence-electron chi connectivity index (χ1n) is 12.9. The molecule has 2 aromatic carbocycles. The van der Waals surface area contributed by atoms with E-state index in [0.29, 0.717) is 42.5 Å². The van der Waals surface area contributed by atoms with Crippen LogP contribution >= 0.6 is 11.6 Å². The zero-order valence-electron chi connectivity index (χ0n) is 19.5. The highest BCUT2D eigenvalue weighted by Gasteiger charge is 2.76. The fourth-order valence-electron chi connectivity index (χ4n) is 9.21. The smallest absolute Gasteiger partial charge is 0.229 e. The van der Waals surface area contributed by atoms with Crippen LogP contribution in [0.15, 0.2) is 60.2 Å². The minimum absolute atomic E-state index is 0.00839. The average Bonchev–Trinajstić information content (AvgIpc) is 3.29. The molecule has 6 aliphatic rings. The Morgan fingerprint density at radius 2 is 2.00 bits per heavy atom. The van der Waals surface area contributed by atoms with E-state index in [-0.39, 0.29) is 29.3 Å². The van der Waals surface area contributed by atoms with Crippen molar-refractivity contribution in [2.45, 2.75) is 42.9 Å². The molecule has 178 valence electrons. The third-order valence-corrected chi connectivity index (χ3v) is 10.6. The number of quaternary nitrogens is 1. The maximum atomic E-state index is 13.7. The van der Waals surface area contributed by atoms with Gasteiger partial charge in [-0.3, -0.25) is 9.59 Å². The number of halogens is 1. The number of Topliss-reactive ketones (excluding diaryl/α,β-unsaturated/α-hetero) is 1. The molecule has 1 saturated carbocycles. The summed E-state index contributed by atoms with van der Waals surface area (Å²) in [4.78, 5) is 29.4. The highest BCUT2D eigenvalue weighted by molar-refractivity contribution is 6.30. The number of carbonyl (C=O) groups excluding carboxylic acids is 2. The number of hydrogen-bond donors (Lipinski definition) is 0. The van der Waals surface area contributed by atoms with Gasteiger partial charge in [-0.15, -0.1) is 0 Å². The van der Waals surface area contributed by atoms with Gasteiger partial charge in [-0.2, -0.15) is 0 Å². The first-order chi connectivity index (χ1) is 17.0. The Kier molecular flexibility index (Phi) is 4.05. The van der Waals surface area contributed by atoms with Crippen LogP contribution in [-0.2, 0) is 14.9 Å². The van der Waals surface area contributed by atoms with Crippen molar-refractivity contribution in [2.75, 3.05) is 31.1 Å². The van der Waals surface area contributed by atoms with E-state index in [2.05, 4.69) is 35.2 Å². The summed E-state index contributed by atoms with van der Waals surface area (Å²) in [5, 5.41) is 0.649. The summed E-state index contributed by atoms with van der Waals surface area (Å²) in [7, 11) is 0. The monoisotopic (exact) mass is 487 g/mol. The molecule has 5 heterocycles. The normalized spacial score (nSPS) is 39.7. The van der Waals surface area contributed by atoms with Gasteiger partial charge in [0.1, 0.15) is 19.1 Å². The van der Waals surface area contributed by atoms with E-state index in [9.17, 15) is 9.59 Å². The van der Waals surface area contributed by atoms with Crippen molar-refractivity contribution >= 4 is 29.0 Å². The highest BCUT2D eigenvalue weighted by Crippen LogP contribution is 2.67. The molecule has 3 saturated heterocycles. The number of ketones is 1. The van der Waals surface area contributed by atoms with Crippen LogP contribution in [-0.4, -0.2) is 60.6 Å². The van der Waals surface area contributed by atoms with Crippen LogP contribution in [0, 0.1) is 11.8 Å². The standard InChI is InChI=1S/C29H28ClN2O3/c30-19-7-5-17(6-8-19)23(33)16-32-11-10-29-21-3-1-2-4-22(21)31-26(34)14-24-27(28(29)31)20(13-25(29)32)18(15-32)9-12-35-24/h1-9,20,24-25,27-28H,10-16H2/q+1. The van der Waals surface area contributed by atoms with Crippen molar-refractivity contribution in [1.29, 1.82) is 0 Å². The molecule has 0 N–H and O–H groups in total. The van der Waals surface area contributed by atoms with Crippen LogP contribution in [0.3, 0.4) is 0 Å². The Bertz CT molecular complexity index is 1320. The predicted molar refractivity (Wildman–Crippen MR) is 132 cm³/mol. The molecular formula is C29H28ClN2O3+. The Morgan fingerprint density at radius 1 is 1.17 bits per heavy atom. The van der Waals surface area contributed by atoms with E-state index in [0.717, 1.165) is 41.7 Å². The van der Waals surface area contributed by atoms with E-state index >= 15 is 0 Å². The lowest BCUT2D eigenvalue weighted by atomic mass is 9.53. The van der Waals surface area contributed by atoms with Crippen LogP contribution in [0.1, 0.15) is 35.2 Å². The summed E-state index contributed by atoms with van der Waals surface area (Å²) in [6.07, 6.45) is 4.85. The van der Waals surface area contributed by atoms with Gasteiger partial charge in [-0.1, -0.05) is 35.9 Å². The molecule has 5 nitrogen and oxygen atoms in total. The molecule has 8 rings (SSSR count). The minimum atomic E-state index is -0.106. The van der Waals surface area contributed by atoms with Crippen LogP contribution in [0.4, 0.5) is 5.69 Å². The second kappa shape index (κ2) is 6.84. The lowest BCUT2D eigenvalue weighted by molar-refractivity contribution is -0.935. The Balaban J connectivity index is 1.31. The number of piperidine rings is 2. The largest absolute Gasteiger partial charge is 0.373 e. The molecule has 35 heavy (non-hydrogen) atoms. The topological polar surface area (TPSA) is 46.6 Å². The number of ether oxygens (including phenoxy) is 1. The molecule has 7 unspecified atom stereocenters. The molecule has 7 atom stereocenters. The van der Waals surface area contributed by atoms with E-state index in [1.165, 1.54) is 11.1 Å². The molecule has 2 bridgehead atoms. The van der Waals surface area contributed by atoms with Crippen molar-refractivity contribution in [1.82, 2.24) is 0 Å². The van der Waals surface area contributed by atoms with Crippen molar-refractivity contribution in [3.63, 3.8) is 0 Å². The number of carbonyl (C=O) groups is 2. The number of hydrogen-bond acceptors (Lipinski definition) is 3. The number of benzene rings is 2. The van der Waals surface area contributed by atoms with Crippen molar-refractivity contribution in [2.24, 2.45) is 11.8 Å². The summed E-state index contributed by atoms with van der Waals surface area (Å²) in [6, 6.07) is 16.4. The van der Waals surface area contributed by atoms with Gasteiger partial charge in [0.2, 0.25) is 11.7 Å². The van der Waals surface area contributed by atoms with E-state index in [1.54, 1.807) is 0 Å². The van der Waals surface area contributed by atoms with Gasteiger partial charge in [0.15, 0.2) is 0 Å². The Morgan fingerprint density at radius 3 is 2.86 bits per heavy atom. The van der Waals surface area contributed by atoms with Crippen LogP contribution in [0.5, 0.6) is 0 Å². The highest BCUT2D eigenvalue weighted by atomic mass is 35.5. The lowest BCUT2D eigenvalue weighted by Gasteiger charge is -2.60. The van der Waals surface area contributed by atoms with Gasteiger partial charge >= 0.3 is 0 Å². The molecule has 0 radical (unpaired) electrons. The molecule has 5 aliphatic heterocycles. The summed E-state index contributed by atoms with van der Waals surface area (Å²) in [6.45, 7) is 2.96. The van der Waals surface area contributed by atoms with Gasteiger partial charge in [-0.05, 0) is 47.4 Å². The van der Waals surface area contributed by atoms with Crippen molar-refractivity contribution in [3.8, 4) is 0 Å². The lowest BCUT2D eigenvalue weighted by Crippen LogP contribution is -2.73. The number of amides is 1. The zero-order valence-corrected chi connectivity index (χ0v) is 20.3. The number of rotatable bonds is 3. The summed E-state index contributed by atoms with van der Waals surface area (Å²) in [5.41, 5.74) is 4.52. The van der Waals surface area contributed by atoms with Crippen LogP contribution in [0.2, 0.25) is 5.02 Å². The van der Waals surface area contributed by atoms with Crippen LogP contribution in [0.25, 0.3) is 0 Å². The number of nitrogens with zero attached hydrogens (tertiary/aromatic N) is 2. The fraction of sp³-hybridized carbons (Fsp3) is 0.448. The Hall–Kier alpha value is -2.47. The molecule has 1 spiro atoms. The number of fused-ring (bicyclic) bond motifs is 2. The first kappa shape index (κ1) is 20.7. The summed E-state index contributed by atoms with van der Waals surface area (Å²) in [5.74, 6) is 1.15. The second-order valence-electron chi connectivity index (χ2n) is 11.5. The second-order valence-corrected chi connectivity index (χ2v) is 11.9. The van der Waals surface area contributed by atoms with Gasteiger partial charge in [0, 0.05) is 35.0 Å². The molecule has 0 aromatic heterocycles. The number of anilines is 1. The maximum Gasteiger partial charge on any atom is 0.229 e. The van der Waals surface area contributed by atoms with Crippen molar-refractivity contribution < 1.29 is 18.8 Å².